The number of amides is 2. The lowest BCUT2D eigenvalue weighted by Crippen LogP contribution is -2.29. The van der Waals surface area contributed by atoms with Crippen LogP contribution in [-0.4, -0.2) is 22.5 Å². The molecule has 1 N–H and O–H groups in total. The van der Waals surface area contributed by atoms with Gasteiger partial charge >= 0.3 is 0 Å². The molecule has 1 aliphatic heterocycles. The van der Waals surface area contributed by atoms with E-state index in [1.54, 1.807) is 11.8 Å². The quantitative estimate of drug-likeness (QED) is 0.371. The van der Waals surface area contributed by atoms with E-state index in [9.17, 15) is 9.59 Å². The summed E-state index contributed by atoms with van der Waals surface area (Å²) in [6.07, 6.45) is 5.64. The van der Waals surface area contributed by atoms with Crippen molar-refractivity contribution in [3.8, 4) is 0 Å². The minimum Gasteiger partial charge on any atom is -0.345 e. The van der Waals surface area contributed by atoms with Gasteiger partial charge in [-0.3, -0.25) is 9.59 Å². The molecule has 0 bridgehead atoms. The average Bonchev–Trinajstić information content (AvgIpc) is 3.28. The zero-order valence-corrected chi connectivity index (χ0v) is 22.1. The summed E-state index contributed by atoms with van der Waals surface area (Å²) in [6.45, 7) is 2.64. The summed E-state index contributed by atoms with van der Waals surface area (Å²) in [5.74, 6) is 0.510. The summed E-state index contributed by atoms with van der Waals surface area (Å²) in [5, 5.41) is 3.85. The molecular weight excluding hydrogens is 488 g/mol. The molecule has 4 nitrogen and oxygen atoms in total. The molecule has 0 saturated carbocycles. The van der Waals surface area contributed by atoms with Crippen molar-refractivity contribution < 1.29 is 9.59 Å². The Labute approximate surface area is 222 Å². The second-order valence-electron chi connectivity index (χ2n) is 9.60. The van der Waals surface area contributed by atoms with Crippen LogP contribution in [0.3, 0.4) is 0 Å². The Morgan fingerprint density at radius 1 is 1.03 bits per heavy atom. The first-order valence-corrected chi connectivity index (χ1v) is 14.1. The third kappa shape index (κ3) is 5.47. The number of aryl methyl sites for hydroxylation is 2. The largest absolute Gasteiger partial charge is 0.345 e. The molecule has 1 fully saturated rings. The summed E-state index contributed by atoms with van der Waals surface area (Å²) in [5.41, 5.74) is 6.77. The van der Waals surface area contributed by atoms with Crippen LogP contribution >= 0.6 is 23.4 Å². The van der Waals surface area contributed by atoms with Gasteiger partial charge in [-0.05, 0) is 84.2 Å². The number of carbonyl (C=O) groups is 2. The van der Waals surface area contributed by atoms with Crippen molar-refractivity contribution in [1.82, 2.24) is 10.2 Å². The Morgan fingerprint density at radius 3 is 2.47 bits per heavy atom. The minimum atomic E-state index is -0.0701. The molecule has 0 radical (unpaired) electrons. The van der Waals surface area contributed by atoms with Crippen LogP contribution in [0.4, 0.5) is 0 Å². The van der Waals surface area contributed by atoms with Crippen molar-refractivity contribution in [3.63, 3.8) is 0 Å². The van der Waals surface area contributed by atoms with Crippen molar-refractivity contribution in [2.75, 3.05) is 5.75 Å². The summed E-state index contributed by atoms with van der Waals surface area (Å²) in [4.78, 5) is 27.6. The SMILES string of the molecule is CC[C@@H](NC(=O)c1ccc([C@H]2SCC(=O)N2Cc2ccc(Cl)cc2)cc1)c1ccc2c(c1)CCCC2. The number of carbonyl (C=O) groups excluding carboxylic acids is 2. The van der Waals surface area contributed by atoms with Gasteiger partial charge in [-0.25, -0.2) is 0 Å². The molecule has 2 amide bonds. The normalized spacial score (nSPS) is 18.1. The Kier molecular flexibility index (Phi) is 7.68. The van der Waals surface area contributed by atoms with Gasteiger partial charge in [0.2, 0.25) is 5.91 Å². The summed E-state index contributed by atoms with van der Waals surface area (Å²) >= 11 is 7.63. The number of nitrogens with one attached hydrogen (secondary N) is 1. The molecule has 3 aromatic rings. The van der Waals surface area contributed by atoms with E-state index in [1.165, 1.54) is 29.5 Å². The van der Waals surface area contributed by atoms with Crippen molar-refractivity contribution in [2.45, 2.75) is 57.0 Å². The van der Waals surface area contributed by atoms with Gasteiger partial charge in [-0.15, -0.1) is 11.8 Å². The number of benzene rings is 3. The second kappa shape index (κ2) is 11.1. The predicted molar refractivity (Wildman–Crippen MR) is 147 cm³/mol. The van der Waals surface area contributed by atoms with E-state index in [-0.39, 0.29) is 23.2 Å². The molecule has 2 aliphatic rings. The maximum atomic E-state index is 13.1. The maximum Gasteiger partial charge on any atom is 0.251 e. The highest BCUT2D eigenvalue weighted by atomic mass is 35.5. The fourth-order valence-electron chi connectivity index (χ4n) is 5.12. The molecule has 1 saturated heterocycles. The van der Waals surface area contributed by atoms with E-state index in [2.05, 4.69) is 30.4 Å². The molecular formula is C30H31ClN2O2S. The van der Waals surface area contributed by atoms with Crippen molar-refractivity contribution in [3.05, 3.63) is 105 Å². The lowest BCUT2D eigenvalue weighted by molar-refractivity contribution is -0.128. The van der Waals surface area contributed by atoms with Gasteiger partial charge in [0.1, 0.15) is 5.37 Å². The Hall–Kier alpha value is -2.76. The van der Waals surface area contributed by atoms with Gasteiger partial charge in [0.15, 0.2) is 0 Å². The molecule has 1 heterocycles. The molecule has 5 rings (SSSR count). The van der Waals surface area contributed by atoms with Gasteiger partial charge in [0.25, 0.3) is 5.91 Å². The number of thioether (sulfide) groups is 1. The third-order valence-electron chi connectivity index (χ3n) is 7.18. The van der Waals surface area contributed by atoms with Gasteiger partial charge < -0.3 is 10.2 Å². The molecule has 2 atom stereocenters. The molecule has 6 heteroatoms. The number of hydrogen-bond acceptors (Lipinski definition) is 3. The lowest BCUT2D eigenvalue weighted by Gasteiger charge is -2.25. The van der Waals surface area contributed by atoms with Crippen molar-refractivity contribution in [2.24, 2.45) is 0 Å². The smallest absolute Gasteiger partial charge is 0.251 e. The molecule has 186 valence electrons. The molecule has 0 unspecified atom stereocenters. The molecule has 0 aromatic heterocycles. The van der Waals surface area contributed by atoms with E-state index in [1.807, 2.05) is 53.4 Å². The maximum absolute atomic E-state index is 13.1. The van der Waals surface area contributed by atoms with Crippen molar-refractivity contribution >= 4 is 35.2 Å². The van der Waals surface area contributed by atoms with Crippen LogP contribution < -0.4 is 5.32 Å². The van der Waals surface area contributed by atoms with Crippen LogP contribution in [0.25, 0.3) is 0 Å². The van der Waals surface area contributed by atoms with Crippen LogP contribution in [0, 0.1) is 0 Å². The molecule has 3 aromatic carbocycles. The fraction of sp³-hybridized carbons (Fsp3) is 0.333. The Bertz CT molecular complexity index is 1240. The van der Waals surface area contributed by atoms with Crippen LogP contribution in [0.1, 0.15) is 75.8 Å². The summed E-state index contributed by atoms with van der Waals surface area (Å²) in [6, 6.07) is 22.0. The van der Waals surface area contributed by atoms with Gasteiger partial charge in [-0.1, -0.05) is 61.0 Å². The van der Waals surface area contributed by atoms with Crippen LogP contribution in [0.5, 0.6) is 0 Å². The van der Waals surface area contributed by atoms with Gasteiger partial charge in [0.05, 0.1) is 11.8 Å². The second-order valence-corrected chi connectivity index (χ2v) is 11.1. The fourth-order valence-corrected chi connectivity index (χ4v) is 6.43. The van der Waals surface area contributed by atoms with E-state index in [4.69, 9.17) is 11.6 Å². The van der Waals surface area contributed by atoms with Crippen LogP contribution in [0.2, 0.25) is 5.02 Å². The highest BCUT2D eigenvalue weighted by molar-refractivity contribution is 8.00. The van der Waals surface area contributed by atoms with Crippen LogP contribution in [0.15, 0.2) is 66.7 Å². The molecule has 0 spiro atoms. The average molecular weight is 519 g/mol. The van der Waals surface area contributed by atoms with Gasteiger partial charge in [-0.2, -0.15) is 0 Å². The van der Waals surface area contributed by atoms with Crippen LogP contribution in [-0.2, 0) is 24.2 Å². The molecule has 36 heavy (non-hydrogen) atoms. The first-order chi connectivity index (χ1) is 17.5. The number of hydrogen-bond donors (Lipinski definition) is 1. The zero-order chi connectivity index (χ0) is 25.1. The number of nitrogens with zero attached hydrogens (tertiary/aromatic N) is 1. The highest BCUT2D eigenvalue weighted by Crippen LogP contribution is 2.39. The third-order valence-corrected chi connectivity index (χ3v) is 8.69. The van der Waals surface area contributed by atoms with E-state index >= 15 is 0 Å². The Balaban J connectivity index is 1.27. The van der Waals surface area contributed by atoms with Crippen molar-refractivity contribution in [1.29, 1.82) is 0 Å². The lowest BCUT2D eigenvalue weighted by atomic mass is 9.88. The summed E-state index contributed by atoms with van der Waals surface area (Å²) in [7, 11) is 0. The zero-order valence-electron chi connectivity index (χ0n) is 20.5. The topological polar surface area (TPSA) is 49.4 Å². The minimum absolute atomic E-state index is 0.0118. The predicted octanol–water partition coefficient (Wildman–Crippen LogP) is 6.87. The number of halogens is 1. The molecule has 1 aliphatic carbocycles. The summed E-state index contributed by atoms with van der Waals surface area (Å²) < 4.78 is 0. The monoisotopic (exact) mass is 518 g/mol. The van der Waals surface area contributed by atoms with E-state index in [0.717, 1.165) is 30.4 Å². The first kappa shape index (κ1) is 24.9. The number of fused-ring (bicyclic) bond motifs is 1. The first-order valence-electron chi connectivity index (χ1n) is 12.7. The standard InChI is InChI=1S/C30H31ClN2O2S/c1-2-27(25-14-9-21-5-3-4-6-24(21)17-25)32-29(35)22-10-12-23(13-11-22)30-33(28(34)19-36-30)18-20-7-15-26(31)16-8-20/h7-17,27,30H,2-6,18-19H2,1H3,(H,32,35)/t27-,30-/m1/s1. The van der Waals surface area contributed by atoms with Gasteiger partial charge in [0, 0.05) is 17.1 Å². The number of rotatable bonds is 7. The highest BCUT2D eigenvalue weighted by Gasteiger charge is 2.32. The Morgan fingerprint density at radius 2 is 1.75 bits per heavy atom. The van der Waals surface area contributed by atoms with E-state index in [0.29, 0.717) is 22.9 Å². The van der Waals surface area contributed by atoms with E-state index < -0.39 is 0 Å².